The van der Waals surface area contributed by atoms with Gasteiger partial charge in [-0.05, 0) is 56.6 Å². The topological polar surface area (TPSA) is 26.8 Å². The summed E-state index contributed by atoms with van der Waals surface area (Å²) in [6.45, 7) is 1.76. The number of anilines is 1. The van der Waals surface area contributed by atoms with Crippen molar-refractivity contribution in [3.8, 4) is 0 Å². The van der Waals surface area contributed by atoms with E-state index < -0.39 is 0 Å². The molecule has 1 fully saturated rings. The first-order chi connectivity index (χ1) is 13.0. The Kier molecular flexibility index (Phi) is 6.17. The highest BCUT2D eigenvalue weighted by molar-refractivity contribution is 6.00. The zero-order valence-electron chi connectivity index (χ0n) is 17.0. The van der Waals surface area contributed by atoms with Crippen LogP contribution in [0.3, 0.4) is 0 Å². The largest absolute Gasteiger partial charge is 0.377 e. The summed E-state index contributed by atoms with van der Waals surface area (Å²) in [6, 6.07) is 16.9. The number of piperidine rings is 1. The lowest BCUT2D eigenvalue weighted by Crippen LogP contribution is -2.39. The molecule has 27 heavy (non-hydrogen) atoms. The third-order valence-corrected chi connectivity index (χ3v) is 5.24. The molecule has 3 rings (SSSR count). The summed E-state index contributed by atoms with van der Waals surface area (Å²) in [5, 5.41) is 0. The number of likely N-dealkylation sites (tertiary alicyclic amines) is 1. The van der Waals surface area contributed by atoms with Crippen LogP contribution in [0.4, 0.5) is 5.69 Å². The first-order valence-electron chi connectivity index (χ1n) is 9.78. The molecule has 1 atom stereocenters. The Morgan fingerprint density at radius 2 is 1.70 bits per heavy atom. The first kappa shape index (κ1) is 19.4. The number of hydrogen-bond acceptors (Lipinski definition) is 3. The van der Waals surface area contributed by atoms with Gasteiger partial charge in [0.25, 0.3) is 5.91 Å². The van der Waals surface area contributed by atoms with E-state index in [1.165, 1.54) is 17.5 Å². The summed E-state index contributed by atoms with van der Waals surface area (Å²) in [5.41, 5.74) is 4.31. The minimum atomic E-state index is 0.140. The average Bonchev–Trinajstić information content (AvgIpc) is 2.67. The number of amides is 1. The van der Waals surface area contributed by atoms with Crippen molar-refractivity contribution in [2.24, 2.45) is 0 Å². The predicted octanol–water partition coefficient (Wildman–Crippen LogP) is 4.18. The quantitative estimate of drug-likeness (QED) is 0.795. The summed E-state index contributed by atoms with van der Waals surface area (Å²) in [5.74, 6) is 0.140. The molecule has 0 bridgehead atoms. The fourth-order valence-corrected chi connectivity index (χ4v) is 3.93. The van der Waals surface area contributed by atoms with E-state index in [0.717, 1.165) is 37.2 Å². The van der Waals surface area contributed by atoms with Gasteiger partial charge in [0.1, 0.15) is 0 Å². The van der Waals surface area contributed by atoms with E-state index >= 15 is 0 Å². The van der Waals surface area contributed by atoms with Gasteiger partial charge in [-0.15, -0.1) is 0 Å². The summed E-state index contributed by atoms with van der Waals surface area (Å²) < 4.78 is 0. The molecule has 0 spiro atoms. The van der Waals surface area contributed by atoms with Gasteiger partial charge >= 0.3 is 0 Å². The fourth-order valence-electron chi connectivity index (χ4n) is 3.93. The Morgan fingerprint density at radius 3 is 2.37 bits per heavy atom. The maximum Gasteiger partial charge on any atom is 0.256 e. The molecular formula is C23H31N3O. The summed E-state index contributed by atoms with van der Waals surface area (Å²) in [7, 11) is 8.14. The van der Waals surface area contributed by atoms with Crippen molar-refractivity contribution < 1.29 is 4.79 Å². The third-order valence-electron chi connectivity index (χ3n) is 5.24. The average molecular weight is 366 g/mol. The molecule has 1 aliphatic heterocycles. The van der Waals surface area contributed by atoms with Crippen LogP contribution < -0.4 is 4.90 Å². The van der Waals surface area contributed by atoms with Crippen molar-refractivity contribution in [2.75, 3.05) is 39.6 Å². The monoisotopic (exact) mass is 365 g/mol. The van der Waals surface area contributed by atoms with Crippen LogP contribution >= 0.6 is 0 Å². The Hall–Kier alpha value is -2.33. The van der Waals surface area contributed by atoms with E-state index in [1.54, 1.807) is 0 Å². The molecule has 0 unspecified atom stereocenters. The molecule has 144 valence electrons. The van der Waals surface area contributed by atoms with Gasteiger partial charge in [0.05, 0.1) is 11.6 Å². The van der Waals surface area contributed by atoms with Gasteiger partial charge in [0.2, 0.25) is 0 Å². The second-order valence-electron chi connectivity index (χ2n) is 7.90. The standard InChI is InChI=1S/C23H31N3O/c1-24(2)17-18-12-14-19(15-13-18)21-10-7-8-16-26(21)23(27)20-9-5-6-11-22(20)25(3)4/h5-6,9,11-15,21H,7-8,10,16-17H2,1-4H3/t21-/m1/s1. The van der Waals surface area contributed by atoms with Gasteiger partial charge in [0.15, 0.2) is 0 Å². The van der Waals surface area contributed by atoms with Crippen molar-refractivity contribution >= 4 is 11.6 Å². The third kappa shape index (κ3) is 4.51. The molecule has 0 saturated carbocycles. The number of nitrogens with zero attached hydrogens (tertiary/aromatic N) is 3. The van der Waals surface area contributed by atoms with Gasteiger partial charge in [-0.25, -0.2) is 0 Å². The molecule has 0 aromatic heterocycles. The van der Waals surface area contributed by atoms with Crippen LogP contribution in [0.25, 0.3) is 0 Å². The van der Waals surface area contributed by atoms with Crippen LogP contribution in [0, 0.1) is 0 Å². The zero-order chi connectivity index (χ0) is 19.4. The highest BCUT2D eigenvalue weighted by atomic mass is 16.2. The minimum absolute atomic E-state index is 0.140. The summed E-state index contributed by atoms with van der Waals surface area (Å²) in [6.07, 6.45) is 3.28. The van der Waals surface area contributed by atoms with Crippen LogP contribution in [0.15, 0.2) is 48.5 Å². The summed E-state index contributed by atoms with van der Waals surface area (Å²) in [4.78, 5) is 19.7. The molecule has 2 aromatic carbocycles. The van der Waals surface area contributed by atoms with Crippen molar-refractivity contribution in [3.63, 3.8) is 0 Å². The lowest BCUT2D eigenvalue weighted by molar-refractivity contribution is 0.0612. The highest BCUT2D eigenvalue weighted by Gasteiger charge is 2.30. The van der Waals surface area contributed by atoms with Gasteiger partial charge in [0, 0.05) is 32.9 Å². The normalized spacial score (nSPS) is 17.2. The Bertz CT molecular complexity index is 767. The van der Waals surface area contributed by atoms with Crippen LogP contribution in [0.2, 0.25) is 0 Å². The van der Waals surface area contributed by atoms with Gasteiger partial charge in [-0.1, -0.05) is 36.4 Å². The van der Waals surface area contributed by atoms with E-state index in [-0.39, 0.29) is 11.9 Å². The highest BCUT2D eigenvalue weighted by Crippen LogP contribution is 2.33. The number of hydrogen-bond donors (Lipinski definition) is 0. The van der Waals surface area contributed by atoms with E-state index in [1.807, 2.05) is 43.3 Å². The lowest BCUT2D eigenvalue weighted by atomic mass is 9.93. The molecule has 1 aliphatic rings. The van der Waals surface area contributed by atoms with Crippen LogP contribution in [0.1, 0.15) is 46.8 Å². The smallest absolute Gasteiger partial charge is 0.256 e. The first-order valence-corrected chi connectivity index (χ1v) is 9.78. The van der Waals surface area contributed by atoms with Crippen molar-refractivity contribution in [2.45, 2.75) is 31.8 Å². The maximum atomic E-state index is 13.4. The SMILES string of the molecule is CN(C)Cc1ccc([C@H]2CCCCN2C(=O)c2ccccc2N(C)C)cc1. The molecule has 1 heterocycles. The Morgan fingerprint density at radius 1 is 1.00 bits per heavy atom. The van der Waals surface area contributed by atoms with Crippen molar-refractivity contribution in [3.05, 3.63) is 65.2 Å². The van der Waals surface area contributed by atoms with E-state index in [2.05, 4.69) is 48.2 Å². The van der Waals surface area contributed by atoms with E-state index in [4.69, 9.17) is 0 Å². The molecule has 4 nitrogen and oxygen atoms in total. The molecule has 1 saturated heterocycles. The van der Waals surface area contributed by atoms with E-state index in [9.17, 15) is 4.79 Å². The maximum absolute atomic E-state index is 13.4. The minimum Gasteiger partial charge on any atom is -0.377 e. The van der Waals surface area contributed by atoms with Crippen LogP contribution in [-0.4, -0.2) is 50.4 Å². The second kappa shape index (κ2) is 8.57. The molecule has 0 aliphatic carbocycles. The van der Waals surface area contributed by atoms with Gasteiger partial charge in [-0.3, -0.25) is 4.79 Å². The predicted molar refractivity (Wildman–Crippen MR) is 112 cm³/mol. The molecule has 0 radical (unpaired) electrons. The molecular weight excluding hydrogens is 334 g/mol. The van der Waals surface area contributed by atoms with Crippen molar-refractivity contribution in [1.82, 2.24) is 9.80 Å². The Labute approximate surface area is 163 Å². The molecule has 2 aromatic rings. The molecule has 0 N–H and O–H groups in total. The van der Waals surface area contributed by atoms with Gasteiger partial charge in [-0.2, -0.15) is 0 Å². The van der Waals surface area contributed by atoms with Crippen LogP contribution in [0.5, 0.6) is 0 Å². The van der Waals surface area contributed by atoms with Crippen molar-refractivity contribution in [1.29, 1.82) is 0 Å². The number of rotatable bonds is 5. The van der Waals surface area contributed by atoms with Crippen LogP contribution in [-0.2, 0) is 6.54 Å². The van der Waals surface area contributed by atoms with E-state index in [0.29, 0.717) is 0 Å². The number of carbonyl (C=O) groups excluding carboxylic acids is 1. The number of para-hydroxylation sites is 1. The van der Waals surface area contributed by atoms with Gasteiger partial charge < -0.3 is 14.7 Å². The zero-order valence-corrected chi connectivity index (χ0v) is 17.0. The summed E-state index contributed by atoms with van der Waals surface area (Å²) >= 11 is 0. The number of benzene rings is 2. The lowest BCUT2D eigenvalue weighted by Gasteiger charge is -2.37. The molecule has 1 amide bonds. The number of carbonyl (C=O) groups is 1. The molecule has 4 heteroatoms. The second-order valence-corrected chi connectivity index (χ2v) is 7.90. The Balaban J connectivity index is 1.86. The fraction of sp³-hybridized carbons (Fsp3) is 0.435.